The number of fused-ring (bicyclic) bond motifs is 1. The van der Waals surface area contributed by atoms with E-state index in [2.05, 4.69) is 6.92 Å². The minimum absolute atomic E-state index is 0.126. The minimum Gasteiger partial charge on any atom is -0.497 e. The van der Waals surface area contributed by atoms with Crippen molar-refractivity contribution in [2.45, 2.75) is 38.6 Å². The lowest BCUT2D eigenvalue weighted by Gasteiger charge is -2.35. The molecule has 6 heteroatoms. The van der Waals surface area contributed by atoms with Crippen LogP contribution in [0.1, 0.15) is 43.0 Å². The van der Waals surface area contributed by atoms with E-state index >= 15 is 0 Å². The number of aromatic nitrogens is 1. The van der Waals surface area contributed by atoms with Crippen molar-refractivity contribution < 1.29 is 19.1 Å². The second-order valence-corrected chi connectivity index (χ2v) is 8.02. The van der Waals surface area contributed by atoms with Crippen molar-refractivity contribution in [2.75, 3.05) is 20.3 Å². The number of para-hydroxylation sites is 1. The third kappa shape index (κ3) is 4.59. The van der Waals surface area contributed by atoms with E-state index in [4.69, 9.17) is 14.5 Å². The van der Waals surface area contributed by atoms with Crippen molar-refractivity contribution in [3.8, 4) is 17.0 Å². The summed E-state index contributed by atoms with van der Waals surface area (Å²) in [5, 5.41) is 0.701. The molecular weight excluding hydrogens is 404 g/mol. The summed E-state index contributed by atoms with van der Waals surface area (Å²) in [5.74, 6) is 0.103. The maximum absolute atomic E-state index is 13.0. The topological polar surface area (TPSA) is 68.7 Å². The first-order chi connectivity index (χ1) is 15.6. The van der Waals surface area contributed by atoms with Gasteiger partial charge in [0.05, 0.1) is 23.9 Å². The van der Waals surface area contributed by atoms with Crippen LogP contribution < -0.4 is 4.74 Å². The Morgan fingerprint density at radius 1 is 1.09 bits per heavy atom. The van der Waals surface area contributed by atoms with Gasteiger partial charge in [0.1, 0.15) is 5.75 Å². The standard InChI is InChI=1S/C26H28N2O4/c1-3-19-8-6-7-15-28(19)25(29)17-32-26(30)22-16-24(18-11-13-20(31-2)14-12-18)27-23-10-5-4-9-21(22)23/h4-5,9-14,16,19H,3,6-8,15,17H2,1-2H3. The van der Waals surface area contributed by atoms with Crippen molar-refractivity contribution in [1.82, 2.24) is 9.88 Å². The van der Waals surface area contributed by atoms with E-state index in [1.807, 2.05) is 53.4 Å². The first kappa shape index (κ1) is 21.8. The molecule has 4 rings (SSSR count). The number of esters is 1. The molecule has 32 heavy (non-hydrogen) atoms. The lowest BCUT2D eigenvalue weighted by atomic mass is 10.00. The average Bonchev–Trinajstić information content (AvgIpc) is 2.86. The van der Waals surface area contributed by atoms with Gasteiger partial charge in [-0.3, -0.25) is 4.79 Å². The van der Waals surface area contributed by atoms with E-state index in [0.29, 0.717) is 22.2 Å². The van der Waals surface area contributed by atoms with Gasteiger partial charge in [0.15, 0.2) is 6.61 Å². The van der Waals surface area contributed by atoms with Crippen molar-refractivity contribution in [1.29, 1.82) is 0 Å². The highest BCUT2D eigenvalue weighted by Crippen LogP contribution is 2.27. The fourth-order valence-corrected chi connectivity index (χ4v) is 4.30. The summed E-state index contributed by atoms with van der Waals surface area (Å²) in [5.41, 5.74) is 2.62. The van der Waals surface area contributed by atoms with Gasteiger partial charge in [-0.2, -0.15) is 0 Å². The summed E-state index contributed by atoms with van der Waals surface area (Å²) in [4.78, 5) is 32.4. The molecule has 6 nitrogen and oxygen atoms in total. The van der Waals surface area contributed by atoms with Crippen LogP contribution in [0, 0.1) is 0 Å². The van der Waals surface area contributed by atoms with Crippen LogP contribution in [-0.4, -0.2) is 48.1 Å². The molecule has 1 atom stereocenters. The van der Waals surface area contributed by atoms with Gasteiger partial charge < -0.3 is 14.4 Å². The second-order valence-electron chi connectivity index (χ2n) is 8.02. The SMILES string of the molecule is CCC1CCCCN1C(=O)COC(=O)c1cc(-c2ccc(OC)cc2)nc2ccccc12. The fraction of sp³-hybridized carbons (Fsp3) is 0.346. The van der Waals surface area contributed by atoms with Crippen LogP contribution in [0.4, 0.5) is 0 Å². The van der Waals surface area contributed by atoms with Gasteiger partial charge in [-0.25, -0.2) is 9.78 Å². The van der Waals surface area contributed by atoms with Crippen molar-refractivity contribution in [3.05, 3.63) is 60.2 Å². The number of piperidine rings is 1. The molecule has 0 bridgehead atoms. The maximum atomic E-state index is 13.0. The highest BCUT2D eigenvalue weighted by atomic mass is 16.5. The zero-order valence-corrected chi connectivity index (χ0v) is 18.5. The number of likely N-dealkylation sites (tertiary alicyclic amines) is 1. The van der Waals surface area contributed by atoms with E-state index < -0.39 is 5.97 Å². The molecular formula is C26H28N2O4. The fourth-order valence-electron chi connectivity index (χ4n) is 4.30. The van der Waals surface area contributed by atoms with Gasteiger partial charge in [0, 0.05) is 23.5 Å². The average molecular weight is 433 g/mol. The molecule has 1 aliphatic rings. The van der Waals surface area contributed by atoms with E-state index in [1.165, 1.54) is 0 Å². The van der Waals surface area contributed by atoms with Gasteiger partial charge in [0.25, 0.3) is 5.91 Å². The Morgan fingerprint density at radius 3 is 2.62 bits per heavy atom. The number of nitrogens with zero attached hydrogens (tertiary/aromatic N) is 2. The number of methoxy groups -OCH3 is 1. The summed E-state index contributed by atoms with van der Waals surface area (Å²) in [7, 11) is 1.62. The van der Waals surface area contributed by atoms with Gasteiger partial charge in [0.2, 0.25) is 0 Å². The molecule has 1 aliphatic heterocycles. The third-order valence-corrected chi connectivity index (χ3v) is 6.07. The Hall–Kier alpha value is -3.41. The number of benzene rings is 2. The van der Waals surface area contributed by atoms with Crippen molar-refractivity contribution in [3.63, 3.8) is 0 Å². The van der Waals surface area contributed by atoms with E-state index in [0.717, 1.165) is 43.5 Å². The molecule has 166 valence electrons. The smallest absolute Gasteiger partial charge is 0.339 e. The molecule has 1 saturated heterocycles. The second kappa shape index (κ2) is 9.81. The lowest BCUT2D eigenvalue weighted by molar-refractivity contribution is -0.138. The van der Waals surface area contributed by atoms with Crippen molar-refractivity contribution in [2.24, 2.45) is 0 Å². The molecule has 1 amide bonds. The molecule has 2 aromatic carbocycles. The number of hydrogen-bond acceptors (Lipinski definition) is 5. The third-order valence-electron chi connectivity index (χ3n) is 6.07. The number of carbonyl (C=O) groups excluding carboxylic acids is 2. The number of amides is 1. The molecule has 0 N–H and O–H groups in total. The van der Waals surface area contributed by atoms with Gasteiger partial charge in [-0.1, -0.05) is 25.1 Å². The van der Waals surface area contributed by atoms with Crippen LogP contribution in [0.25, 0.3) is 22.2 Å². The largest absolute Gasteiger partial charge is 0.497 e. The monoisotopic (exact) mass is 432 g/mol. The van der Waals surface area contributed by atoms with E-state index in [1.54, 1.807) is 13.2 Å². The van der Waals surface area contributed by atoms with Crippen LogP contribution in [0.15, 0.2) is 54.6 Å². The van der Waals surface area contributed by atoms with Crippen LogP contribution in [0.5, 0.6) is 5.75 Å². The number of rotatable bonds is 6. The van der Waals surface area contributed by atoms with Crippen LogP contribution in [0.3, 0.4) is 0 Å². The molecule has 0 aliphatic carbocycles. The molecule has 0 saturated carbocycles. The zero-order chi connectivity index (χ0) is 22.5. The molecule has 3 aromatic rings. The maximum Gasteiger partial charge on any atom is 0.339 e. The summed E-state index contributed by atoms with van der Waals surface area (Å²) in [6.45, 7) is 2.57. The van der Waals surface area contributed by atoms with Crippen molar-refractivity contribution >= 4 is 22.8 Å². The van der Waals surface area contributed by atoms with Crippen LogP contribution in [0.2, 0.25) is 0 Å². The Morgan fingerprint density at radius 2 is 1.88 bits per heavy atom. The number of pyridine rings is 1. The Bertz CT molecular complexity index is 1110. The molecule has 1 unspecified atom stereocenters. The minimum atomic E-state index is -0.517. The quantitative estimate of drug-likeness (QED) is 0.521. The summed E-state index contributed by atoms with van der Waals surface area (Å²) >= 11 is 0. The number of carbonyl (C=O) groups is 2. The molecule has 0 radical (unpaired) electrons. The summed E-state index contributed by atoms with van der Waals surface area (Å²) < 4.78 is 10.7. The summed E-state index contributed by atoms with van der Waals surface area (Å²) in [6.07, 6.45) is 4.06. The predicted octanol–water partition coefficient (Wildman–Crippen LogP) is 4.86. The molecule has 0 spiro atoms. The highest BCUT2D eigenvalue weighted by molar-refractivity contribution is 6.05. The first-order valence-corrected chi connectivity index (χ1v) is 11.1. The van der Waals surface area contributed by atoms with Gasteiger partial charge in [-0.05, 0) is 62.1 Å². The van der Waals surface area contributed by atoms with Crippen LogP contribution >= 0.6 is 0 Å². The summed E-state index contributed by atoms with van der Waals surface area (Å²) in [6, 6.07) is 16.9. The molecule has 1 fully saturated rings. The highest BCUT2D eigenvalue weighted by Gasteiger charge is 2.26. The zero-order valence-electron chi connectivity index (χ0n) is 18.5. The Labute approximate surface area is 188 Å². The van der Waals surface area contributed by atoms with Crippen LogP contribution in [-0.2, 0) is 9.53 Å². The Balaban J connectivity index is 1.58. The number of ether oxygens (including phenoxy) is 2. The first-order valence-electron chi connectivity index (χ1n) is 11.1. The normalized spacial score (nSPS) is 16.1. The van der Waals surface area contributed by atoms with E-state index in [-0.39, 0.29) is 18.6 Å². The number of hydrogen-bond donors (Lipinski definition) is 0. The lowest BCUT2D eigenvalue weighted by Crippen LogP contribution is -2.45. The van der Waals surface area contributed by atoms with Gasteiger partial charge in [-0.15, -0.1) is 0 Å². The predicted molar refractivity (Wildman–Crippen MR) is 124 cm³/mol. The van der Waals surface area contributed by atoms with E-state index in [9.17, 15) is 9.59 Å². The Kier molecular flexibility index (Phi) is 6.69. The van der Waals surface area contributed by atoms with Gasteiger partial charge >= 0.3 is 5.97 Å². The molecule has 2 heterocycles. The molecule has 1 aromatic heterocycles.